The number of fused-ring (bicyclic) bond motifs is 1. The Bertz CT molecular complexity index is 597. The molecule has 0 saturated heterocycles. The number of nitrogens with two attached hydrogens (primary N) is 2. The van der Waals surface area contributed by atoms with Gasteiger partial charge in [-0.25, -0.2) is 4.98 Å². The first kappa shape index (κ1) is 13.3. The average Bonchev–Trinajstić information content (AvgIpc) is 2.43. The van der Waals surface area contributed by atoms with Gasteiger partial charge in [0.2, 0.25) is 5.91 Å². The lowest BCUT2D eigenvalue weighted by atomic mass is 10.1. The number of amides is 1. The summed E-state index contributed by atoms with van der Waals surface area (Å²) in [6, 6.07) is 9.23. The van der Waals surface area contributed by atoms with E-state index in [4.69, 9.17) is 11.5 Å². The summed E-state index contributed by atoms with van der Waals surface area (Å²) >= 11 is 0. The van der Waals surface area contributed by atoms with Crippen molar-refractivity contribution >= 4 is 22.6 Å². The lowest BCUT2D eigenvalue weighted by Crippen LogP contribution is -2.30. The molecule has 0 aliphatic rings. The highest BCUT2D eigenvalue weighted by Crippen LogP contribution is 2.22. The highest BCUT2D eigenvalue weighted by atomic mass is 16.1. The third kappa shape index (κ3) is 2.66. The fourth-order valence-electron chi connectivity index (χ4n) is 2.12. The van der Waals surface area contributed by atoms with Crippen molar-refractivity contribution in [3.63, 3.8) is 0 Å². The largest absolute Gasteiger partial charge is 0.366 e. The lowest BCUT2D eigenvalue weighted by Gasteiger charge is -2.22. The van der Waals surface area contributed by atoms with E-state index in [1.165, 1.54) is 0 Å². The van der Waals surface area contributed by atoms with E-state index in [0.29, 0.717) is 18.7 Å². The Balaban J connectivity index is 2.60. The van der Waals surface area contributed by atoms with Crippen LogP contribution in [0.5, 0.6) is 0 Å². The van der Waals surface area contributed by atoms with E-state index in [-0.39, 0.29) is 0 Å². The van der Waals surface area contributed by atoms with E-state index in [0.717, 1.165) is 23.3 Å². The van der Waals surface area contributed by atoms with Crippen molar-refractivity contribution in [3.05, 3.63) is 35.9 Å². The van der Waals surface area contributed by atoms with Gasteiger partial charge in [0.05, 0.1) is 11.1 Å². The van der Waals surface area contributed by atoms with Gasteiger partial charge in [-0.05, 0) is 19.1 Å². The Labute approximate surface area is 112 Å². The third-order valence-electron chi connectivity index (χ3n) is 3.07. The van der Waals surface area contributed by atoms with Gasteiger partial charge < -0.3 is 16.4 Å². The number of anilines is 1. The molecule has 5 nitrogen and oxygen atoms in total. The fraction of sp³-hybridized carbons (Fsp3) is 0.286. The molecule has 19 heavy (non-hydrogen) atoms. The van der Waals surface area contributed by atoms with E-state index in [9.17, 15) is 4.79 Å². The van der Waals surface area contributed by atoms with Crippen molar-refractivity contribution in [1.82, 2.24) is 4.98 Å². The molecule has 100 valence electrons. The SMILES string of the molecule is CCN(CCN)c1cc(C(N)=O)c2ccccc2n1. The van der Waals surface area contributed by atoms with Gasteiger partial charge >= 0.3 is 0 Å². The number of pyridine rings is 1. The van der Waals surface area contributed by atoms with E-state index in [1.807, 2.05) is 36.1 Å². The topological polar surface area (TPSA) is 85.2 Å². The molecule has 0 bridgehead atoms. The van der Waals surface area contributed by atoms with Crippen LogP contribution in [0.3, 0.4) is 0 Å². The number of primary amides is 1. The Morgan fingerprint density at radius 3 is 2.74 bits per heavy atom. The molecule has 5 heteroatoms. The van der Waals surface area contributed by atoms with Crippen molar-refractivity contribution < 1.29 is 4.79 Å². The van der Waals surface area contributed by atoms with Gasteiger partial charge in [-0.15, -0.1) is 0 Å². The average molecular weight is 258 g/mol. The Kier molecular flexibility index (Phi) is 3.97. The maximum Gasteiger partial charge on any atom is 0.249 e. The molecule has 0 spiro atoms. The van der Waals surface area contributed by atoms with E-state index >= 15 is 0 Å². The molecule has 0 aliphatic heterocycles. The Hall–Kier alpha value is -2.14. The number of aromatic nitrogens is 1. The molecule has 1 aromatic heterocycles. The summed E-state index contributed by atoms with van der Waals surface area (Å²) in [7, 11) is 0. The maximum absolute atomic E-state index is 11.6. The minimum absolute atomic E-state index is 0.441. The molecule has 1 amide bonds. The molecule has 1 aromatic carbocycles. The van der Waals surface area contributed by atoms with Crippen LogP contribution in [0.25, 0.3) is 10.9 Å². The van der Waals surface area contributed by atoms with Gasteiger partial charge in [-0.1, -0.05) is 18.2 Å². The molecule has 1 heterocycles. The van der Waals surface area contributed by atoms with Gasteiger partial charge in [0, 0.05) is 25.0 Å². The van der Waals surface area contributed by atoms with Crippen molar-refractivity contribution in [1.29, 1.82) is 0 Å². The summed E-state index contributed by atoms with van der Waals surface area (Å²) in [6.45, 7) is 4.03. The normalized spacial score (nSPS) is 10.6. The van der Waals surface area contributed by atoms with E-state index < -0.39 is 5.91 Å². The molecule has 0 saturated carbocycles. The lowest BCUT2D eigenvalue weighted by molar-refractivity contribution is 0.100. The van der Waals surface area contributed by atoms with Crippen molar-refractivity contribution in [2.24, 2.45) is 11.5 Å². The monoisotopic (exact) mass is 258 g/mol. The van der Waals surface area contributed by atoms with E-state index in [2.05, 4.69) is 4.98 Å². The molecule has 0 radical (unpaired) electrons. The number of hydrogen-bond acceptors (Lipinski definition) is 4. The highest BCUT2D eigenvalue weighted by Gasteiger charge is 2.13. The summed E-state index contributed by atoms with van der Waals surface area (Å²) in [6.07, 6.45) is 0. The van der Waals surface area contributed by atoms with Gasteiger partial charge in [-0.3, -0.25) is 4.79 Å². The van der Waals surface area contributed by atoms with Crippen LogP contribution in [-0.4, -0.2) is 30.5 Å². The quantitative estimate of drug-likeness (QED) is 0.841. The number of nitrogens with zero attached hydrogens (tertiary/aromatic N) is 2. The van der Waals surface area contributed by atoms with Gasteiger partial charge in [-0.2, -0.15) is 0 Å². The molecule has 0 atom stereocenters. The van der Waals surface area contributed by atoms with E-state index in [1.54, 1.807) is 6.07 Å². The first-order valence-electron chi connectivity index (χ1n) is 6.32. The van der Waals surface area contributed by atoms with Gasteiger partial charge in [0.1, 0.15) is 5.82 Å². The van der Waals surface area contributed by atoms with Crippen molar-refractivity contribution in [3.8, 4) is 0 Å². The predicted octanol–water partition coefficient (Wildman–Crippen LogP) is 1.12. The zero-order valence-corrected chi connectivity index (χ0v) is 11.0. The van der Waals surface area contributed by atoms with Crippen LogP contribution in [0, 0.1) is 0 Å². The summed E-state index contributed by atoms with van der Waals surface area (Å²) in [4.78, 5) is 18.2. The number of carbonyl (C=O) groups excluding carboxylic acids is 1. The predicted molar refractivity (Wildman–Crippen MR) is 77.2 cm³/mol. The minimum Gasteiger partial charge on any atom is -0.366 e. The number of carbonyl (C=O) groups is 1. The smallest absolute Gasteiger partial charge is 0.249 e. The molecular formula is C14H18N4O. The first-order chi connectivity index (χ1) is 9.17. The maximum atomic E-state index is 11.6. The van der Waals surface area contributed by atoms with Crippen molar-refractivity contribution in [2.45, 2.75) is 6.92 Å². The zero-order chi connectivity index (χ0) is 13.8. The number of para-hydroxylation sites is 1. The molecule has 0 unspecified atom stereocenters. The van der Waals surface area contributed by atoms with Crippen molar-refractivity contribution in [2.75, 3.05) is 24.5 Å². The van der Waals surface area contributed by atoms with Crippen LogP contribution >= 0.6 is 0 Å². The van der Waals surface area contributed by atoms with Crippen LogP contribution in [0.15, 0.2) is 30.3 Å². The van der Waals surface area contributed by atoms with Crippen LogP contribution in [0.1, 0.15) is 17.3 Å². The Morgan fingerprint density at radius 1 is 1.37 bits per heavy atom. The zero-order valence-electron chi connectivity index (χ0n) is 11.0. The van der Waals surface area contributed by atoms with Crippen LogP contribution in [0.2, 0.25) is 0 Å². The summed E-state index contributed by atoms with van der Waals surface area (Å²) in [5, 5.41) is 0.780. The summed E-state index contributed by atoms with van der Waals surface area (Å²) in [5.41, 5.74) is 12.3. The van der Waals surface area contributed by atoms with Crippen LogP contribution in [-0.2, 0) is 0 Å². The second-order valence-electron chi connectivity index (χ2n) is 4.28. The molecular weight excluding hydrogens is 240 g/mol. The molecule has 0 fully saturated rings. The van der Waals surface area contributed by atoms with Gasteiger partial charge in [0.15, 0.2) is 0 Å². The number of benzene rings is 1. The minimum atomic E-state index is -0.441. The third-order valence-corrected chi connectivity index (χ3v) is 3.07. The molecule has 0 aliphatic carbocycles. The summed E-state index contributed by atoms with van der Waals surface area (Å²) < 4.78 is 0. The van der Waals surface area contributed by atoms with Gasteiger partial charge in [0.25, 0.3) is 0 Å². The number of likely N-dealkylation sites (N-methyl/N-ethyl adjacent to an activating group) is 1. The summed E-state index contributed by atoms with van der Waals surface area (Å²) in [5.74, 6) is 0.295. The molecule has 2 aromatic rings. The fourth-order valence-corrected chi connectivity index (χ4v) is 2.12. The number of hydrogen-bond donors (Lipinski definition) is 2. The highest BCUT2D eigenvalue weighted by molar-refractivity contribution is 6.06. The second-order valence-corrected chi connectivity index (χ2v) is 4.28. The second kappa shape index (κ2) is 5.67. The van der Waals surface area contributed by atoms with Crippen LogP contribution in [0.4, 0.5) is 5.82 Å². The van der Waals surface area contributed by atoms with Crippen LogP contribution < -0.4 is 16.4 Å². The number of rotatable bonds is 5. The molecule has 4 N–H and O–H groups in total. The Morgan fingerprint density at radius 2 is 2.11 bits per heavy atom. The standard InChI is InChI=1S/C14H18N4O/c1-2-18(8-7-15)13-9-11(14(16)19)10-5-3-4-6-12(10)17-13/h3-6,9H,2,7-8,15H2,1H3,(H2,16,19). The molecule has 2 rings (SSSR count). The first-order valence-corrected chi connectivity index (χ1v) is 6.32.